The Balaban J connectivity index is 1.80. The van der Waals surface area contributed by atoms with Crippen LogP contribution in [0.3, 0.4) is 0 Å². The van der Waals surface area contributed by atoms with Crippen LogP contribution >= 0.6 is 0 Å². The van der Waals surface area contributed by atoms with Crippen molar-refractivity contribution in [2.24, 2.45) is 0 Å². The van der Waals surface area contributed by atoms with E-state index in [-0.39, 0.29) is 28.9 Å². The van der Waals surface area contributed by atoms with Crippen molar-refractivity contribution >= 4 is 22.5 Å². The second-order valence-corrected chi connectivity index (χ2v) is 8.53. The summed E-state index contributed by atoms with van der Waals surface area (Å²) in [5.41, 5.74) is 4.03. The summed E-state index contributed by atoms with van der Waals surface area (Å²) in [6.45, 7) is 3.38. The quantitative estimate of drug-likeness (QED) is 0.180. The second kappa shape index (κ2) is 10.8. The van der Waals surface area contributed by atoms with Gasteiger partial charge in [-0.25, -0.2) is 0 Å². The van der Waals surface area contributed by atoms with E-state index in [0.717, 1.165) is 40.4 Å². The highest BCUT2D eigenvalue weighted by Crippen LogP contribution is 2.36. The molecule has 1 heterocycles. The lowest BCUT2D eigenvalue weighted by Crippen LogP contribution is -2.26. The molecular formula is C28H29N3O3. The molecule has 1 N–H and O–H groups in total. The van der Waals surface area contributed by atoms with Crippen molar-refractivity contribution in [1.29, 1.82) is 0 Å². The van der Waals surface area contributed by atoms with Crippen molar-refractivity contribution in [1.82, 2.24) is 9.88 Å². The summed E-state index contributed by atoms with van der Waals surface area (Å²) in [7, 11) is 0. The van der Waals surface area contributed by atoms with Gasteiger partial charge < -0.3 is 9.88 Å². The Morgan fingerprint density at radius 3 is 2.41 bits per heavy atom. The second-order valence-electron chi connectivity index (χ2n) is 8.53. The van der Waals surface area contributed by atoms with E-state index in [0.29, 0.717) is 13.1 Å². The number of aromatic nitrogens is 1. The first kappa shape index (κ1) is 23.2. The monoisotopic (exact) mass is 455 g/mol. The lowest BCUT2D eigenvalue weighted by molar-refractivity contribution is -0.384. The molecule has 174 valence electrons. The minimum atomic E-state index is -0.368. The van der Waals surface area contributed by atoms with E-state index >= 15 is 0 Å². The smallest absolute Gasteiger partial charge is 0.270 e. The Kier molecular flexibility index (Phi) is 7.38. The Morgan fingerprint density at radius 1 is 1.03 bits per heavy atom. The molecule has 0 fully saturated rings. The third kappa shape index (κ3) is 5.34. The molecule has 6 heteroatoms. The van der Waals surface area contributed by atoms with Gasteiger partial charge in [0.25, 0.3) is 5.69 Å². The summed E-state index contributed by atoms with van der Waals surface area (Å²) in [5.74, 6) is -0.235. The fourth-order valence-corrected chi connectivity index (χ4v) is 4.37. The van der Waals surface area contributed by atoms with Crippen LogP contribution in [0.2, 0.25) is 0 Å². The third-order valence-corrected chi connectivity index (χ3v) is 6.12. The van der Waals surface area contributed by atoms with Crippen molar-refractivity contribution in [3.8, 4) is 0 Å². The van der Waals surface area contributed by atoms with Gasteiger partial charge in [-0.3, -0.25) is 14.9 Å². The largest absolute Gasteiger partial charge is 0.356 e. The number of amides is 1. The molecular weight excluding hydrogens is 426 g/mol. The van der Waals surface area contributed by atoms with Crippen LogP contribution in [0.15, 0.2) is 85.1 Å². The zero-order chi connectivity index (χ0) is 23.9. The number of carbonyl (C=O) groups excluding carboxylic acids is 1. The highest BCUT2D eigenvalue weighted by Gasteiger charge is 2.24. The topological polar surface area (TPSA) is 77.2 Å². The number of hydrogen-bond donors (Lipinski definition) is 1. The maximum Gasteiger partial charge on any atom is 0.270 e. The lowest BCUT2D eigenvalue weighted by Gasteiger charge is -2.17. The van der Waals surface area contributed by atoms with E-state index in [1.54, 1.807) is 12.1 Å². The van der Waals surface area contributed by atoms with Crippen molar-refractivity contribution in [2.75, 3.05) is 6.54 Å². The molecule has 0 spiro atoms. The highest BCUT2D eigenvalue weighted by atomic mass is 16.6. The number of carbonyl (C=O) groups is 1. The van der Waals surface area contributed by atoms with Gasteiger partial charge >= 0.3 is 0 Å². The number of nitro groups is 1. The van der Waals surface area contributed by atoms with Crippen LogP contribution in [0.5, 0.6) is 0 Å². The standard InChI is InChI=1S/C28H29N3O3/c1-2-3-16-29-28(32)18-24(22-12-8-5-9-13-22)26-20-30(19-21-10-6-4-7-11-21)27-15-14-23(31(33)34)17-25(26)27/h4-15,17,20,24H,2-3,16,18-19H2,1H3,(H,29,32)/t24-/m0/s1. The van der Waals surface area contributed by atoms with Gasteiger partial charge in [0.15, 0.2) is 0 Å². The predicted molar refractivity (Wildman–Crippen MR) is 135 cm³/mol. The van der Waals surface area contributed by atoms with Crippen molar-refractivity contribution in [2.45, 2.75) is 38.6 Å². The van der Waals surface area contributed by atoms with Gasteiger partial charge in [-0.15, -0.1) is 0 Å². The van der Waals surface area contributed by atoms with Gasteiger partial charge in [-0.1, -0.05) is 74.0 Å². The van der Waals surface area contributed by atoms with Gasteiger partial charge in [0, 0.05) is 54.7 Å². The third-order valence-electron chi connectivity index (χ3n) is 6.12. The summed E-state index contributed by atoms with van der Waals surface area (Å²) in [6.07, 6.45) is 4.28. The highest BCUT2D eigenvalue weighted by molar-refractivity contribution is 5.88. The minimum Gasteiger partial charge on any atom is -0.356 e. The summed E-state index contributed by atoms with van der Waals surface area (Å²) in [6, 6.07) is 25.0. The number of unbranched alkanes of at least 4 members (excludes halogenated alkanes) is 1. The SMILES string of the molecule is CCCCNC(=O)C[C@@H](c1ccccc1)c1cn(Cc2ccccc2)c2ccc([N+](=O)[O-])cc12. The van der Waals surface area contributed by atoms with Crippen LogP contribution in [-0.4, -0.2) is 21.9 Å². The van der Waals surface area contributed by atoms with Crippen LogP contribution in [0.25, 0.3) is 10.9 Å². The molecule has 6 nitrogen and oxygen atoms in total. The average Bonchev–Trinajstić information content (AvgIpc) is 3.21. The maximum absolute atomic E-state index is 12.9. The molecule has 0 saturated heterocycles. The fourth-order valence-electron chi connectivity index (χ4n) is 4.37. The first-order chi connectivity index (χ1) is 16.6. The van der Waals surface area contributed by atoms with Gasteiger partial charge in [-0.05, 0) is 29.2 Å². The minimum absolute atomic E-state index is 0.0170. The Morgan fingerprint density at radius 2 is 1.74 bits per heavy atom. The van der Waals surface area contributed by atoms with E-state index in [1.165, 1.54) is 0 Å². The molecule has 4 aromatic rings. The zero-order valence-electron chi connectivity index (χ0n) is 19.3. The summed E-state index contributed by atoms with van der Waals surface area (Å²) < 4.78 is 2.12. The molecule has 0 aliphatic rings. The molecule has 0 aliphatic heterocycles. The van der Waals surface area contributed by atoms with Crippen LogP contribution in [-0.2, 0) is 11.3 Å². The molecule has 0 unspecified atom stereocenters. The van der Waals surface area contributed by atoms with E-state index < -0.39 is 0 Å². The van der Waals surface area contributed by atoms with Gasteiger partial charge in [0.2, 0.25) is 5.91 Å². The number of rotatable bonds is 10. The van der Waals surface area contributed by atoms with E-state index in [4.69, 9.17) is 0 Å². The molecule has 0 aliphatic carbocycles. The predicted octanol–water partition coefficient (Wildman–Crippen LogP) is 6.04. The molecule has 1 aromatic heterocycles. The zero-order valence-corrected chi connectivity index (χ0v) is 19.3. The number of nitrogens with one attached hydrogen (secondary N) is 1. The Hall–Kier alpha value is -3.93. The first-order valence-corrected chi connectivity index (χ1v) is 11.7. The molecule has 1 amide bonds. The number of fused-ring (bicyclic) bond motifs is 1. The summed E-state index contributed by atoms with van der Waals surface area (Å²) >= 11 is 0. The number of nitro benzene ring substituents is 1. The molecule has 4 rings (SSSR count). The van der Waals surface area contributed by atoms with Gasteiger partial charge in [0.1, 0.15) is 0 Å². The van der Waals surface area contributed by atoms with Crippen LogP contribution in [0.1, 0.15) is 48.8 Å². The van der Waals surface area contributed by atoms with Crippen LogP contribution in [0.4, 0.5) is 5.69 Å². The molecule has 3 aromatic carbocycles. The number of benzene rings is 3. The van der Waals surface area contributed by atoms with E-state index in [1.807, 2.05) is 54.6 Å². The number of nitrogens with zero attached hydrogens (tertiary/aromatic N) is 2. The maximum atomic E-state index is 12.9. The summed E-state index contributed by atoms with van der Waals surface area (Å²) in [5, 5.41) is 15.4. The van der Waals surface area contributed by atoms with Gasteiger partial charge in [-0.2, -0.15) is 0 Å². The van der Waals surface area contributed by atoms with E-state index in [2.05, 4.69) is 35.1 Å². The van der Waals surface area contributed by atoms with Crippen molar-refractivity contribution < 1.29 is 9.72 Å². The molecule has 0 bridgehead atoms. The number of non-ortho nitro benzene ring substituents is 1. The van der Waals surface area contributed by atoms with Crippen molar-refractivity contribution in [3.63, 3.8) is 0 Å². The molecule has 0 radical (unpaired) electrons. The lowest BCUT2D eigenvalue weighted by atomic mass is 9.88. The van der Waals surface area contributed by atoms with Crippen LogP contribution in [0, 0.1) is 10.1 Å². The molecule has 0 saturated carbocycles. The average molecular weight is 456 g/mol. The fraction of sp³-hybridized carbons (Fsp3) is 0.250. The van der Waals surface area contributed by atoms with Gasteiger partial charge in [0.05, 0.1) is 4.92 Å². The van der Waals surface area contributed by atoms with Crippen LogP contribution < -0.4 is 5.32 Å². The summed E-state index contributed by atoms with van der Waals surface area (Å²) in [4.78, 5) is 24.0. The molecule has 1 atom stereocenters. The normalized spacial score (nSPS) is 11.9. The Labute approximate surface area is 199 Å². The Bertz CT molecular complexity index is 1270. The first-order valence-electron chi connectivity index (χ1n) is 11.7. The van der Waals surface area contributed by atoms with E-state index in [9.17, 15) is 14.9 Å². The van der Waals surface area contributed by atoms with Crippen molar-refractivity contribution in [3.05, 3.63) is 112 Å². The number of hydrogen-bond acceptors (Lipinski definition) is 3. The molecule has 34 heavy (non-hydrogen) atoms.